The minimum absolute atomic E-state index is 0.0536. The Balaban J connectivity index is 3.03. The van der Waals surface area contributed by atoms with Gasteiger partial charge in [-0.05, 0) is 43.2 Å². The molecule has 0 radical (unpaired) electrons. The molecule has 0 aliphatic carbocycles. The molecule has 0 bridgehead atoms. The zero-order valence-electron chi connectivity index (χ0n) is 18.5. The monoisotopic (exact) mass is 402 g/mol. The Bertz CT molecular complexity index is 523. The summed E-state index contributed by atoms with van der Waals surface area (Å²) in [5.74, 6) is -1.11. The SMILES string of the molecule is CC1=CC(=O)OC(CO[Si](C)(C)C(C)(C)C)(CO[Si](C)(C)C(C)(C)C)O1. The maximum absolute atomic E-state index is 12.1. The number of hydrogen-bond acceptors (Lipinski definition) is 5. The van der Waals surface area contributed by atoms with E-state index in [4.69, 9.17) is 18.3 Å². The molecule has 1 aliphatic heterocycles. The number of allylic oxidation sites excluding steroid dienone is 1. The zero-order valence-corrected chi connectivity index (χ0v) is 20.5. The third-order valence-corrected chi connectivity index (χ3v) is 14.8. The molecule has 1 rings (SSSR count). The van der Waals surface area contributed by atoms with Crippen LogP contribution in [0.15, 0.2) is 11.8 Å². The molecular weight excluding hydrogens is 364 g/mol. The van der Waals surface area contributed by atoms with Crippen LogP contribution in [0.3, 0.4) is 0 Å². The highest BCUT2D eigenvalue weighted by molar-refractivity contribution is 6.74. The van der Waals surface area contributed by atoms with Gasteiger partial charge in [0.25, 0.3) is 5.79 Å². The van der Waals surface area contributed by atoms with E-state index in [-0.39, 0.29) is 23.3 Å². The molecule has 0 saturated heterocycles. The second kappa shape index (κ2) is 7.41. The lowest BCUT2D eigenvalue weighted by Gasteiger charge is -2.44. The molecule has 0 N–H and O–H groups in total. The predicted octanol–water partition coefficient (Wildman–Crippen LogP) is 5.20. The fraction of sp³-hybridized carbons (Fsp3) is 0.842. The number of esters is 1. The van der Waals surface area contributed by atoms with Crippen LogP contribution in [0.5, 0.6) is 0 Å². The lowest BCUT2D eigenvalue weighted by atomic mass is 10.2. The van der Waals surface area contributed by atoms with Crippen LogP contribution in [0.4, 0.5) is 0 Å². The third kappa shape index (κ3) is 5.68. The number of hydrogen-bond donors (Lipinski definition) is 0. The van der Waals surface area contributed by atoms with Crippen molar-refractivity contribution in [2.75, 3.05) is 13.2 Å². The van der Waals surface area contributed by atoms with Crippen LogP contribution < -0.4 is 0 Å². The molecule has 0 fully saturated rings. The van der Waals surface area contributed by atoms with Gasteiger partial charge in [-0.25, -0.2) is 4.79 Å². The molecular formula is C19H38O5Si2. The summed E-state index contributed by atoms with van der Waals surface area (Å²) < 4.78 is 24.2. The van der Waals surface area contributed by atoms with E-state index < -0.39 is 28.4 Å². The largest absolute Gasteiger partial charge is 0.452 e. The van der Waals surface area contributed by atoms with Crippen molar-refractivity contribution in [2.24, 2.45) is 0 Å². The minimum Gasteiger partial charge on any atom is -0.452 e. The van der Waals surface area contributed by atoms with Gasteiger partial charge in [0.15, 0.2) is 16.6 Å². The van der Waals surface area contributed by atoms with Crippen molar-refractivity contribution in [3.63, 3.8) is 0 Å². The van der Waals surface area contributed by atoms with Gasteiger partial charge in [0.1, 0.15) is 19.0 Å². The van der Waals surface area contributed by atoms with Crippen molar-refractivity contribution < 1.29 is 23.1 Å². The van der Waals surface area contributed by atoms with Gasteiger partial charge in [0.2, 0.25) is 0 Å². The van der Waals surface area contributed by atoms with Crippen molar-refractivity contribution in [3.05, 3.63) is 11.8 Å². The molecule has 0 unspecified atom stereocenters. The smallest absolute Gasteiger partial charge is 0.337 e. The average Bonchev–Trinajstić information content (AvgIpc) is 2.40. The number of ether oxygens (including phenoxy) is 2. The summed E-state index contributed by atoms with van der Waals surface area (Å²) in [6.45, 7) is 23.9. The molecule has 5 nitrogen and oxygen atoms in total. The lowest BCUT2D eigenvalue weighted by Crippen LogP contribution is -2.55. The highest BCUT2D eigenvalue weighted by Gasteiger charge is 2.47. The van der Waals surface area contributed by atoms with Crippen LogP contribution in [0.2, 0.25) is 36.3 Å². The molecule has 1 heterocycles. The van der Waals surface area contributed by atoms with E-state index in [0.29, 0.717) is 5.76 Å². The van der Waals surface area contributed by atoms with E-state index in [2.05, 4.69) is 67.7 Å². The van der Waals surface area contributed by atoms with Crippen LogP contribution >= 0.6 is 0 Å². The molecule has 152 valence electrons. The highest BCUT2D eigenvalue weighted by atomic mass is 28.4. The Kier molecular flexibility index (Phi) is 6.67. The summed E-state index contributed by atoms with van der Waals surface area (Å²) in [6, 6.07) is 0. The molecule has 0 amide bonds. The van der Waals surface area contributed by atoms with Crippen LogP contribution in [-0.2, 0) is 23.1 Å². The Hall–Kier alpha value is -0.636. The quantitative estimate of drug-likeness (QED) is 0.451. The molecule has 0 atom stereocenters. The Labute approximate surface area is 161 Å². The van der Waals surface area contributed by atoms with Crippen molar-refractivity contribution in [1.82, 2.24) is 0 Å². The van der Waals surface area contributed by atoms with Gasteiger partial charge in [0, 0.05) is 0 Å². The first kappa shape index (κ1) is 23.4. The molecule has 26 heavy (non-hydrogen) atoms. The first-order valence-electron chi connectivity index (χ1n) is 9.29. The lowest BCUT2D eigenvalue weighted by molar-refractivity contribution is -0.244. The maximum atomic E-state index is 12.1. The Morgan fingerprint density at radius 1 is 0.885 bits per heavy atom. The van der Waals surface area contributed by atoms with Gasteiger partial charge >= 0.3 is 5.97 Å². The second-order valence-electron chi connectivity index (χ2n) is 10.3. The van der Waals surface area contributed by atoms with Gasteiger partial charge in [0.05, 0.1) is 6.08 Å². The second-order valence-corrected chi connectivity index (χ2v) is 19.9. The maximum Gasteiger partial charge on any atom is 0.337 e. The van der Waals surface area contributed by atoms with E-state index in [9.17, 15) is 4.79 Å². The Morgan fingerprint density at radius 2 is 1.27 bits per heavy atom. The van der Waals surface area contributed by atoms with Gasteiger partial charge in [-0.15, -0.1) is 0 Å². The molecule has 0 saturated carbocycles. The first-order valence-corrected chi connectivity index (χ1v) is 15.1. The molecule has 0 spiro atoms. The van der Waals surface area contributed by atoms with E-state index in [1.165, 1.54) is 6.08 Å². The first-order chi connectivity index (χ1) is 11.4. The fourth-order valence-corrected chi connectivity index (χ4v) is 3.92. The minimum atomic E-state index is -2.03. The average molecular weight is 403 g/mol. The molecule has 7 heteroatoms. The standard InChI is InChI=1S/C19H38O5Si2/c1-15-12-16(20)24-19(23-15,13-21-25(8,9)17(2,3)4)14-22-26(10,11)18(5,6)7/h12H,13-14H2,1-11H3. The van der Waals surface area contributed by atoms with E-state index in [1.54, 1.807) is 6.92 Å². The number of cyclic esters (lactones) is 1. The molecule has 0 aromatic heterocycles. The summed E-state index contributed by atoms with van der Waals surface area (Å²) >= 11 is 0. The number of carbonyl (C=O) groups excluding carboxylic acids is 1. The Morgan fingerprint density at radius 3 is 1.58 bits per heavy atom. The summed E-state index contributed by atoms with van der Waals surface area (Å²) in [4.78, 5) is 12.1. The van der Waals surface area contributed by atoms with Gasteiger partial charge in [-0.1, -0.05) is 41.5 Å². The highest BCUT2D eigenvalue weighted by Crippen LogP contribution is 2.40. The van der Waals surface area contributed by atoms with Gasteiger partial charge < -0.3 is 18.3 Å². The van der Waals surface area contributed by atoms with Crippen molar-refractivity contribution in [1.29, 1.82) is 0 Å². The fourth-order valence-electron chi connectivity index (χ4n) is 1.90. The normalized spacial score (nSPS) is 18.9. The van der Waals surface area contributed by atoms with Crippen molar-refractivity contribution in [2.45, 2.75) is 90.5 Å². The van der Waals surface area contributed by atoms with Crippen molar-refractivity contribution in [3.8, 4) is 0 Å². The topological polar surface area (TPSA) is 54.0 Å². The third-order valence-electron chi connectivity index (χ3n) is 5.87. The molecule has 1 aliphatic rings. The van der Waals surface area contributed by atoms with E-state index in [0.717, 1.165) is 0 Å². The van der Waals surface area contributed by atoms with Gasteiger partial charge in [-0.3, -0.25) is 0 Å². The number of rotatable bonds is 6. The van der Waals surface area contributed by atoms with Crippen LogP contribution in [0, 0.1) is 0 Å². The zero-order chi connectivity index (χ0) is 20.6. The number of carbonyl (C=O) groups is 1. The summed E-state index contributed by atoms with van der Waals surface area (Å²) in [5, 5.41) is 0.107. The summed E-state index contributed by atoms with van der Waals surface area (Å²) in [7, 11) is -4.05. The van der Waals surface area contributed by atoms with E-state index >= 15 is 0 Å². The molecule has 0 aromatic rings. The summed E-state index contributed by atoms with van der Waals surface area (Å²) in [6.07, 6.45) is 1.36. The summed E-state index contributed by atoms with van der Waals surface area (Å²) in [5.41, 5.74) is 0. The predicted molar refractivity (Wildman–Crippen MR) is 110 cm³/mol. The van der Waals surface area contributed by atoms with E-state index in [1.807, 2.05) is 0 Å². The molecule has 0 aromatic carbocycles. The van der Waals surface area contributed by atoms with Crippen LogP contribution in [0.1, 0.15) is 48.5 Å². The van der Waals surface area contributed by atoms with Gasteiger partial charge in [-0.2, -0.15) is 0 Å². The van der Waals surface area contributed by atoms with Crippen LogP contribution in [0.25, 0.3) is 0 Å². The van der Waals surface area contributed by atoms with Crippen molar-refractivity contribution >= 4 is 22.6 Å². The van der Waals surface area contributed by atoms with Crippen LogP contribution in [-0.4, -0.2) is 41.6 Å².